The molecule has 3 unspecified atom stereocenters. The molecule has 1 rings (SSSR count). The van der Waals surface area contributed by atoms with Crippen molar-refractivity contribution in [3.05, 3.63) is 0 Å². The molecular formula is C9H21N3O2Se+. The topological polar surface area (TPSA) is 64.5 Å². The van der Waals surface area contributed by atoms with Crippen LogP contribution in [-0.4, -0.2) is 81.8 Å². The Bertz CT molecular complexity index is 208. The van der Waals surface area contributed by atoms with Gasteiger partial charge in [-0.05, 0) is 0 Å². The van der Waals surface area contributed by atoms with Crippen molar-refractivity contribution < 1.29 is 14.7 Å². The molecule has 6 heteroatoms. The molecule has 0 amide bonds. The molecule has 0 saturated carbocycles. The van der Waals surface area contributed by atoms with Gasteiger partial charge >= 0.3 is 98.9 Å². The number of aliphatic hydroxyl groups excluding tert-OH is 1. The molecule has 0 aromatic rings. The number of nitrogens with one attached hydrogen (secondary N) is 2. The minimum atomic E-state index is -1.27. The van der Waals surface area contributed by atoms with E-state index in [0.29, 0.717) is 10.5 Å². The Morgan fingerprint density at radius 1 is 1.40 bits per heavy atom. The molecule has 1 fully saturated rings. The van der Waals surface area contributed by atoms with E-state index in [0.717, 1.165) is 13.0 Å². The van der Waals surface area contributed by atoms with Crippen LogP contribution in [0.5, 0.6) is 0 Å². The molecule has 1 aliphatic rings. The predicted molar refractivity (Wildman–Crippen MR) is 59.1 cm³/mol. The Hall–Kier alpha value is 0.319. The van der Waals surface area contributed by atoms with Crippen LogP contribution in [0.25, 0.3) is 0 Å². The van der Waals surface area contributed by atoms with Crippen molar-refractivity contribution in [3.63, 3.8) is 0 Å². The van der Waals surface area contributed by atoms with Crippen molar-refractivity contribution in [3.8, 4) is 0 Å². The maximum absolute atomic E-state index is 9.36. The molecule has 0 aliphatic carbocycles. The number of aliphatic hydroxyl groups is 2. The Labute approximate surface area is 99.2 Å². The number of nitrogens with zero attached hydrogens (tertiary/aromatic N) is 1. The van der Waals surface area contributed by atoms with Gasteiger partial charge in [-0.1, -0.05) is 0 Å². The van der Waals surface area contributed by atoms with E-state index < -0.39 is 6.29 Å². The molecular weight excluding hydrogens is 261 g/mol. The molecule has 15 heavy (non-hydrogen) atoms. The first-order chi connectivity index (χ1) is 6.80. The maximum atomic E-state index is 9.36. The fourth-order valence-corrected chi connectivity index (χ4v) is 2.47. The monoisotopic (exact) mass is 283 g/mol. The van der Waals surface area contributed by atoms with Crippen LogP contribution in [-0.2, 0) is 0 Å². The van der Waals surface area contributed by atoms with Crippen molar-refractivity contribution in [1.29, 1.82) is 0 Å². The average molecular weight is 282 g/mol. The van der Waals surface area contributed by atoms with Crippen LogP contribution in [0.1, 0.15) is 6.42 Å². The van der Waals surface area contributed by atoms with Crippen molar-refractivity contribution in [2.24, 2.45) is 0 Å². The summed E-state index contributed by atoms with van der Waals surface area (Å²) >= 11 is 2.96. The third-order valence-electron chi connectivity index (χ3n) is 2.80. The van der Waals surface area contributed by atoms with Gasteiger partial charge in [-0.25, -0.2) is 0 Å². The zero-order chi connectivity index (χ0) is 11.6. The number of rotatable bonds is 4. The van der Waals surface area contributed by atoms with Crippen molar-refractivity contribution in [2.45, 2.75) is 29.9 Å². The Morgan fingerprint density at radius 2 is 2.00 bits per heavy atom. The van der Waals surface area contributed by atoms with Gasteiger partial charge in [-0.15, -0.1) is 0 Å². The summed E-state index contributed by atoms with van der Waals surface area (Å²) in [6, 6.07) is 0.120. The molecule has 1 saturated heterocycles. The second-order valence-electron chi connectivity index (χ2n) is 4.98. The Morgan fingerprint density at radius 3 is 2.33 bits per heavy atom. The van der Waals surface area contributed by atoms with Gasteiger partial charge in [-0.3, -0.25) is 0 Å². The van der Waals surface area contributed by atoms with Gasteiger partial charge in [0.2, 0.25) is 0 Å². The molecule has 89 valence electrons. The SMILES string of the molecule is C[N+](C)(C)C(CC1CNC([Se])N1)C(O)O. The normalized spacial score (nSPS) is 29.8. The van der Waals surface area contributed by atoms with Crippen LogP contribution in [0.3, 0.4) is 0 Å². The first-order valence-corrected chi connectivity index (χ1v) is 6.12. The molecule has 4 N–H and O–H groups in total. The third-order valence-corrected chi connectivity index (χ3v) is 3.44. The van der Waals surface area contributed by atoms with E-state index in [1.54, 1.807) is 0 Å². The Balaban J connectivity index is 2.52. The van der Waals surface area contributed by atoms with Crippen LogP contribution < -0.4 is 10.6 Å². The molecule has 1 radical (unpaired) electrons. The summed E-state index contributed by atoms with van der Waals surface area (Å²) in [5.41, 5.74) is 0. The standard InChI is InChI=1S/C9H21N3O2Se/c1-12(2,3)7(8(13)14)4-6-5-10-9(15)11-6/h6-11,13-14H,4-5H2,1-3H3/q+1. The summed E-state index contributed by atoms with van der Waals surface area (Å²) in [7, 11) is 5.92. The van der Waals surface area contributed by atoms with E-state index in [4.69, 9.17) is 0 Å². The summed E-state index contributed by atoms with van der Waals surface area (Å²) in [5, 5.41) is 25.5. The fourth-order valence-electron chi connectivity index (χ4n) is 1.86. The van der Waals surface area contributed by atoms with Gasteiger partial charge in [0.1, 0.15) is 0 Å². The summed E-state index contributed by atoms with van der Waals surface area (Å²) in [6.07, 6.45) is -0.529. The van der Waals surface area contributed by atoms with E-state index in [9.17, 15) is 10.2 Å². The van der Waals surface area contributed by atoms with Gasteiger partial charge in [0, 0.05) is 0 Å². The third kappa shape index (κ3) is 4.00. The second-order valence-corrected chi connectivity index (χ2v) is 5.97. The van der Waals surface area contributed by atoms with E-state index in [1.807, 2.05) is 21.1 Å². The molecule has 3 atom stereocenters. The van der Waals surface area contributed by atoms with Gasteiger partial charge in [0.25, 0.3) is 0 Å². The van der Waals surface area contributed by atoms with Gasteiger partial charge in [0.15, 0.2) is 0 Å². The first kappa shape index (κ1) is 13.4. The molecule has 0 aromatic heterocycles. The average Bonchev–Trinajstić information content (AvgIpc) is 2.44. The van der Waals surface area contributed by atoms with Gasteiger partial charge in [0.05, 0.1) is 0 Å². The van der Waals surface area contributed by atoms with Crippen LogP contribution in [0.4, 0.5) is 0 Å². The summed E-state index contributed by atoms with van der Waals surface area (Å²) < 4.78 is 0.550. The quantitative estimate of drug-likeness (QED) is 0.268. The minimum absolute atomic E-state index is 0.172. The van der Waals surface area contributed by atoms with Gasteiger partial charge < -0.3 is 0 Å². The van der Waals surface area contributed by atoms with Crippen LogP contribution >= 0.6 is 0 Å². The summed E-state index contributed by atoms with van der Waals surface area (Å²) in [6.45, 7) is 0.862. The number of likely N-dealkylation sites (N-methyl/N-ethyl adjacent to an activating group) is 1. The molecule has 5 nitrogen and oxygen atoms in total. The summed E-state index contributed by atoms with van der Waals surface area (Å²) in [4.78, 5) is 0. The molecule has 1 aliphatic heterocycles. The number of quaternary nitrogens is 1. The van der Waals surface area contributed by atoms with E-state index in [2.05, 4.69) is 26.6 Å². The number of hydrogen-bond acceptors (Lipinski definition) is 4. The van der Waals surface area contributed by atoms with Crippen LogP contribution in [0, 0.1) is 0 Å². The molecule has 0 spiro atoms. The number of hydrogen-bond donors (Lipinski definition) is 4. The molecule has 0 bridgehead atoms. The molecule has 0 aromatic carbocycles. The fraction of sp³-hybridized carbons (Fsp3) is 1.00. The Kier molecular flexibility index (Phi) is 4.55. The van der Waals surface area contributed by atoms with Crippen LogP contribution in [0.15, 0.2) is 0 Å². The van der Waals surface area contributed by atoms with Crippen molar-refractivity contribution in [1.82, 2.24) is 10.6 Å². The molecule has 1 heterocycles. The first-order valence-electron chi connectivity index (χ1n) is 5.13. The van der Waals surface area contributed by atoms with E-state index >= 15 is 0 Å². The van der Waals surface area contributed by atoms with E-state index in [1.165, 1.54) is 0 Å². The van der Waals surface area contributed by atoms with Gasteiger partial charge in [-0.2, -0.15) is 0 Å². The van der Waals surface area contributed by atoms with Crippen molar-refractivity contribution >= 4 is 16.0 Å². The van der Waals surface area contributed by atoms with E-state index in [-0.39, 0.29) is 11.1 Å². The second kappa shape index (κ2) is 5.10. The van der Waals surface area contributed by atoms with Crippen LogP contribution in [0.2, 0.25) is 0 Å². The zero-order valence-electron chi connectivity index (χ0n) is 9.47. The van der Waals surface area contributed by atoms with Crippen molar-refractivity contribution in [2.75, 3.05) is 27.7 Å². The predicted octanol–water partition coefficient (Wildman–Crippen LogP) is -2.22. The summed E-state index contributed by atoms with van der Waals surface area (Å²) in [5.74, 6) is 0. The zero-order valence-corrected chi connectivity index (χ0v) is 11.2.